The van der Waals surface area contributed by atoms with Gasteiger partial charge in [-0.1, -0.05) is 11.8 Å². The van der Waals surface area contributed by atoms with Crippen molar-refractivity contribution in [3.05, 3.63) is 58.4 Å². The normalized spacial score (nSPS) is 18.2. The van der Waals surface area contributed by atoms with Crippen LogP contribution in [0.15, 0.2) is 47.0 Å². The quantitative estimate of drug-likeness (QED) is 0.673. The number of halogens is 1. The monoisotopic (exact) mass is 455 g/mol. The Kier molecular flexibility index (Phi) is 6.15. The SMILES string of the molecule is COc1cc([C@@H]2CC(=O)N3CN(c4ccc(F)cc4)CSC3=C2C#N)cc(OC)c1OC. The molecule has 7 nitrogen and oxygen atoms in total. The lowest BCUT2D eigenvalue weighted by Crippen LogP contribution is -2.47. The molecule has 0 aliphatic carbocycles. The first-order chi connectivity index (χ1) is 15.5. The van der Waals surface area contributed by atoms with Gasteiger partial charge >= 0.3 is 0 Å². The fourth-order valence-corrected chi connectivity index (χ4v) is 5.13. The molecule has 32 heavy (non-hydrogen) atoms. The van der Waals surface area contributed by atoms with Crippen LogP contribution in [0.2, 0.25) is 0 Å². The number of anilines is 1. The van der Waals surface area contributed by atoms with Crippen molar-refractivity contribution in [2.75, 3.05) is 38.8 Å². The summed E-state index contributed by atoms with van der Waals surface area (Å²) in [7, 11) is 4.58. The van der Waals surface area contributed by atoms with Crippen molar-refractivity contribution in [2.45, 2.75) is 12.3 Å². The number of nitriles is 1. The zero-order valence-electron chi connectivity index (χ0n) is 17.9. The number of amides is 1. The predicted octanol–water partition coefficient (Wildman–Crippen LogP) is 4.07. The van der Waals surface area contributed by atoms with Crippen molar-refractivity contribution in [1.82, 2.24) is 4.90 Å². The summed E-state index contributed by atoms with van der Waals surface area (Å²) < 4.78 is 29.6. The van der Waals surface area contributed by atoms with Crippen LogP contribution in [0, 0.1) is 17.1 Å². The number of hydrogen-bond donors (Lipinski definition) is 0. The van der Waals surface area contributed by atoms with Gasteiger partial charge in [-0.05, 0) is 42.0 Å². The summed E-state index contributed by atoms with van der Waals surface area (Å²) in [6, 6.07) is 12.0. The van der Waals surface area contributed by atoms with E-state index in [2.05, 4.69) is 6.07 Å². The van der Waals surface area contributed by atoms with Gasteiger partial charge in [0.2, 0.25) is 11.7 Å². The minimum atomic E-state index is -0.419. The summed E-state index contributed by atoms with van der Waals surface area (Å²) in [5.74, 6) is 1.12. The highest BCUT2D eigenvalue weighted by atomic mass is 32.2. The number of fused-ring (bicyclic) bond motifs is 1. The highest BCUT2D eigenvalue weighted by Gasteiger charge is 2.39. The number of benzene rings is 2. The van der Waals surface area contributed by atoms with E-state index in [1.807, 2.05) is 4.90 Å². The van der Waals surface area contributed by atoms with E-state index in [1.165, 1.54) is 45.2 Å². The van der Waals surface area contributed by atoms with Gasteiger partial charge in [-0.2, -0.15) is 5.26 Å². The Labute approximate surface area is 190 Å². The van der Waals surface area contributed by atoms with E-state index in [0.717, 1.165) is 11.3 Å². The van der Waals surface area contributed by atoms with Crippen molar-refractivity contribution >= 4 is 23.4 Å². The van der Waals surface area contributed by atoms with Crippen molar-refractivity contribution < 1.29 is 23.4 Å². The van der Waals surface area contributed by atoms with Gasteiger partial charge in [0, 0.05) is 18.0 Å². The topological polar surface area (TPSA) is 75.0 Å². The van der Waals surface area contributed by atoms with Crippen LogP contribution in [0.25, 0.3) is 0 Å². The molecule has 2 aromatic rings. The van der Waals surface area contributed by atoms with Gasteiger partial charge in [-0.15, -0.1) is 0 Å². The van der Waals surface area contributed by atoms with Crippen LogP contribution >= 0.6 is 11.8 Å². The summed E-state index contributed by atoms with van der Waals surface area (Å²) in [6.45, 7) is 0.306. The molecule has 0 radical (unpaired) electrons. The molecule has 0 saturated carbocycles. The Balaban J connectivity index is 1.70. The molecule has 4 rings (SSSR count). The number of rotatable bonds is 5. The standard InChI is InChI=1S/C23H22FN3O4S/c1-29-19-8-14(9-20(30-2)22(19)31-3)17-10-21(28)27-12-26(13-32-23(27)18(17)11-25)16-6-4-15(24)5-7-16/h4-9,17H,10,12-13H2,1-3H3/t17-/m0/s1. The molecule has 9 heteroatoms. The number of carbonyl (C=O) groups is 1. The third kappa shape index (κ3) is 3.82. The van der Waals surface area contributed by atoms with E-state index in [4.69, 9.17) is 14.2 Å². The third-order valence-electron chi connectivity index (χ3n) is 5.57. The van der Waals surface area contributed by atoms with Gasteiger partial charge in [-0.25, -0.2) is 4.39 Å². The lowest BCUT2D eigenvalue weighted by molar-refractivity contribution is -0.129. The van der Waals surface area contributed by atoms with Crippen LogP contribution in [-0.4, -0.2) is 44.7 Å². The first-order valence-electron chi connectivity index (χ1n) is 9.88. The summed E-state index contributed by atoms with van der Waals surface area (Å²) >= 11 is 1.42. The summed E-state index contributed by atoms with van der Waals surface area (Å²) in [5, 5.41) is 10.7. The van der Waals surface area contributed by atoms with Crippen LogP contribution in [-0.2, 0) is 4.79 Å². The third-order valence-corrected chi connectivity index (χ3v) is 6.73. The van der Waals surface area contributed by atoms with Gasteiger partial charge in [0.05, 0.1) is 50.5 Å². The second-order valence-electron chi connectivity index (χ2n) is 7.30. The summed E-state index contributed by atoms with van der Waals surface area (Å²) in [4.78, 5) is 16.7. The van der Waals surface area contributed by atoms with E-state index in [9.17, 15) is 14.4 Å². The fourth-order valence-electron chi connectivity index (χ4n) is 3.96. The molecule has 0 N–H and O–H groups in total. The van der Waals surface area contributed by atoms with Crippen LogP contribution in [0.4, 0.5) is 10.1 Å². The molecule has 2 heterocycles. The minimum Gasteiger partial charge on any atom is -0.493 e. The molecule has 1 saturated heterocycles. The lowest BCUT2D eigenvalue weighted by Gasteiger charge is -2.42. The van der Waals surface area contributed by atoms with Gasteiger partial charge in [0.25, 0.3) is 0 Å². The molecule has 1 amide bonds. The number of hydrogen-bond acceptors (Lipinski definition) is 7. The first-order valence-corrected chi connectivity index (χ1v) is 10.9. The Morgan fingerprint density at radius 1 is 1.09 bits per heavy atom. The number of carbonyl (C=O) groups excluding carboxylic acids is 1. The van der Waals surface area contributed by atoms with Gasteiger partial charge in [0.15, 0.2) is 11.5 Å². The van der Waals surface area contributed by atoms with E-state index in [1.54, 1.807) is 29.2 Å². The zero-order valence-corrected chi connectivity index (χ0v) is 18.7. The maximum absolute atomic E-state index is 13.3. The van der Waals surface area contributed by atoms with Crippen molar-refractivity contribution in [1.29, 1.82) is 5.26 Å². The fraction of sp³-hybridized carbons (Fsp3) is 0.304. The van der Waals surface area contributed by atoms with Gasteiger partial charge in [0.1, 0.15) is 5.82 Å². The van der Waals surface area contributed by atoms with E-state index in [0.29, 0.717) is 40.4 Å². The molecule has 2 aliphatic heterocycles. The Morgan fingerprint density at radius 3 is 2.31 bits per heavy atom. The Hall–Kier alpha value is -3.38. The highest BCUT2D eigenvalue weighted by Crippen LogP contribution is 2.47. The number of nitrogens with zero attached hydrogens (tertiary/aromatic N) is 3. The van der Waals surface area contributed by atoms with Crippen molar-refractivity contribution in [3.8, 4) is 23.3 Å². The molecule has 2 aliphatic rings. The molecule has 1 atom stereocenters. The van der Waals surface area contributed by atoms with Gasteiger partial charge in [-0.3, -0.25) is 9.69 Å². The smallest absolute Gasteiger partial charge is 0.229 e. The average molecular weight is 456 g/mol. The molecule has 0 aromatic heterocycles. The number of methoxy groups -OCH3 is 3. The summed E-state index contributed by atoms with van der Waals surface area (Å²) in [5.41, 5.74) is 2.09. The maximum atomic E-state index is 13.3. The summed E-state index contributed by atoms with van der Waals surface area (Å²) in [6.07, 6.45) is 0.142. The molecule has 0 unspecified atom stereocenters. The minimum absolute atomic E-state index is 0.0861. The largest absolute Gasteiger partial charge is 0.493 e. The van der Waals surface area contributed by atoms with Crippen LogP contribution in [0.1, 0.15) is 17.9 Å². The predicted molar refractivity (Wildman–Crippen MR) is 119 cm³/mol. The first kappa shape index (κ1) is 21.8. The Morgan fingerprint density at radius 2 is 1.75 bits per heavy atom. The van der Waals surface area contributed by atoms with Gasteiger partial charge < -0.3 is 19.1 Å². The average Bonchev–Trinajstić information content (AvgIpc) is 2.83. The second kappa shape index (κ2) is 9.01. The molecular weight excluding hydrogens is 433 g/mol. The van der Waals surface area contributed by atoms with E-state index in [-0.39, 0.29) is 18.1 Å². The van der Waals surface area contributed by atoms with Crippen molar-refractivity contribution in [2.24, 2.45) is 0 Å². The molecule has 1 fully saturated rings. The number of ether oxygens (including phenoxy) is 3. The van der Waals surface area contributed by atoms with E-state index < -0.39 is 5.92 Å². The van der Waals surface area contributed by atoms with Crippen molar-refractivity contribution in [3.63, 3.8) is 0 Å². The zero-order chi connectivity index (χ0) is 22.8. The van der Waals surface area contributed by atoms with Crippen LogP contribution < -0.4 is 19.1 Å². The van der Waals surface area contributed by atoms with E-state index >= 15 is 0 Å². The number of thioether (sulfide) groups is 1. The molecule has 0 bridgehead atoms. The molecule has 2 aromatic carbocycles. The lowest BCUT2D eigenvalue weighted by atomic mass is 9.86. The second-order valence-corrected chi connectivity index (χ2v) is 8.23. The molecular formula is C23H22FN3O4S. The molecule has 166 valence electrons. The van der Waals surface area contributed by atoms with Crippen LogP contribution in [0.5, 0.6) is 17.2 Å². The maximum Gasteiger partial charge on any atom is 0.229 e. The highest BCUT2D eigenvalue weighted by molar-refractivity contribution is 8.03. The Bertz CT molecular complexity index is 1090. The number of allylic oxidation sites excluding steroid dienone is 1. The molecule has 0 spiro atoms. The van der Waals surface area contributed by atoms with Crippen LogP contribution in [0.3, 0.4) is 0 Å².